The zero-order valence-corrected chi connectivity index (χ0v) is 12.2. The molecule has 1 unspecified atom stereocenters. The van der Waals surface area contributed by atoms with E-state index in [9.17, 15) is 0 Å². The van der Waals surface area contributed by atoms with Gasteiger partial charge in [-0.3, -0.25) is 5.10 Å². The highest BCUT2D eigenvalue weighted by atomic mass is 32.1. The van der Waals surface area contributed by atoms with Crippen LogP contribution in [0.25, 0.3) is 11.4 Å². The second-order valence-electron chi connectivity index (χ2n) is 4.67. The number of benzene rings is 1. The Bertz CT molecular complexity index is 687. The van der Waals surface area contributed by atoms with Gasteiger partial charge in [-0.05, 0) is 37.4 Å². The van der Waals surface area contributed by atoms with E-state index in [0.29, 0.717) is 0 Å². The fraction of sp³-hybridized carbons (Fsp3) is 0.200. The number of aryl methyl sites for hydroxylation is 1. The first-order valence-corrected chi connectivity index (χ1v) is 7.40. The second-order valence-corrected chi connectivity index (χ2v) is 5.65. The topological polar surface area (TPSA) is 53.6 Å². The highest BCUT2D eigenvalue weighted by Crippen LogP contribution is 2.29. The van der Waals surface area contributed by atoms with Crippen LogP contribution in [0.5, 0.6) is 0 Å². The standard InChI is InChI=1S/C15H16N4S/c1-10(14-8-5-9-20-14)16-13-7-4-3-6-12(13)15-17-11(2)18-19-15/h3-10,16H,1-2H3,(H,17,18,19). The van der Waals surface area contributed by atoms with Crippen LogP contribution in [0.2, 0.25) is 0 Å². The molecule has 4 nitrogen and oxygen atoms in total. The van der Waals surface area contributed by atoms with E-state index >= 15 is 0 Å². The SMILES string of the molecule is Cc1nc(-c2ccccc2NC(C)c2cccs2)n[nH]1. The molecule has 2 N–H and O–H groups in total. The van der Waals surface area contributed by atoms with Gasteiger partial charge in [-0.2, -0.15) is 5.10 Å². The molecule has 1 aromatic carbocycles. The fourth-order valence-corrected chi connectivity index (χ4v) is 2.84. The van der Waals surface area contributed by atoms with Crippen LogP contribution < -0.4 is 5.32 Å². The fourth-order valence-electron chi connectivity index (χ4n) is 2.11. The predicted molar refractivity (Wildman–Crippen MR) is 82.9 cm³/mol. The number of rotatable bonds is 4. The van der Waals surface area contributed by atoms with E-state index in [1.807, 2.05) is 25.1 Å². The van der Waals surface area contributed by atoms with Gasteiger partial charge in [-0.25, -0.2) is 4.98 Å². The van der Waals surface area contributed by atoms with E-state index in [1.54, 1.807) is 11.3 Å². The van der Waals surface area contributed by atoms with Crippen molar-refractivity contribution in [2.75, 3.05) is 5.32 Å². The van der Waals surface area contributed by atoms with E-state index in [-0.39, 0.29) is 6.04 Å². The summed E-state index contributed by atoms with van der Waals surface area (Å²) in [6.45, 7) is 4.06. The van der Waals surface area contributed by atoms with Crippen molar-refractivity contribution >= 4 is 17.0 Å². The van der Waals surface area contributed by atoms with Crippen molar-refractivity contribution in [3.8, 4) is 11.4 Å². The molecule has 0 bridgehead atoms. The molecule has 0 saturated carbocycles. The van der Waals surface area contributed by atoms with E-state index in [0.717, 1.165) is 22.9 Å². The lowest BCUT2D eigenvalue weighted by Crippen LogP contribution is -2.06. The van der Waals surface area contributed by atoms with E-state index in [1.165, 1.54) is 4.88 Å². The van der Waals surface area contributed by atoms with E-state index < -0.39 is 0 Å². The van der Waals surface area contributed by atoms with Crippen LogP contribution in [0, 0.1) is 6.92 Å². The molecule has 0 aliphatic heterocycles. The van der Waals surface area contributed by atoms with Gasteiger partial charge in [0.15, 0.2) is 5.82 Å². The van der Waals surface area contributed by atoms with Gasteiger partial charge in [0.2, 0.25) is 0 Å². The highest BCUT2D eigenvalue weighted by Gasteiger charge is 2.12. The summed E-state index contributed by atoms with van der Waals surface area (Å²) in [5.74, 6) is 1.55. The smallest absolute Gasteiger partial charge is 0.183 e. The Kier molecular flexibility index (Phi) is 3.52. The van der Waals surface area contributed by atoms with Gasteiger partial charge in [-0.15, -0.1) is 11.3 Å². The Hall–Kier alpha value is -2.14. The van der Waals surface area contributed by atoms with Crippen LogP contribution in [0.15, 0.2) is 41.8 Å². The van der Waals surface area contributed by atoms with Crippen LogP contribution in [0.4, 0.5) is 5.69 Å². The Morgan fingerprint density at radius 3 is 2.75 bits per heavy atom. The van der Waals surface area contributed by atoms with Gasteiger partial charge < -0.3 is 5.32 Å². The molecule has 0 radical (unpaired) electrons. The molecule has 0 saturated heterocycles. The zero-order valence-electron chi connectivity index (χ0n) is 11.4. The quantitative estimate of drug-likeness (QED) is 0.761. The number of H-pyrrole nitrogens is 1. The van der Waals surface area contributed by atoms with Gasteiger partial charge in [0.25, 0.3) is 0 Å². The first-order valence-electron chi connectivity index (χ1n) is 6.52. The van der Waals surface area contributed by atoms with Crippen LogP contribution in [0.3, 0.4) is 0 Å². The highest BCUT2D eigenvalue weighted by molar-refractivity contribution is 7.10. The van der Waals surface area contributed by atoms with Crippen molar-refractivity contribution in [3.63, 3.8) is 0 Å². The van der Waals surface area contributed by atoms with Crippen molar-refractivity contribution in [2.24, 2.45) is 0 Å². The number of nitrogens with one attached hydrogen (secondary N) is 2. The average Bonchev–Trinajstić information content (AvgIpc) is 3.10. The Morgan fingerprint density at radius 1 is 1.20 bits per heavy atom. The molecule has 2 aromatic heterocycles. The van der Waals surface area contributed by atoms with Crippen LogP contribution >= 0.6 is 11.3 Å². The summed E-state index contributed by atoms with van der Waals surface area (Å²) in [5, 5.41) is 12.8. The van der Waals surface area contributed by atoms with Crippen molar-refractivity contribution < 1.29 is 0 Å². The maximum Gasteiger partial charge on any atom is 0.183 e. The third kappa shape index (κ3) is 2.58. The molecule has 3 aromatic rings. The number of para-hydroxylation sites is 1. The van der Waals surface area contributed by atoms with Crippen LogP contribution in [-0.2, 0) is 0 Å². The molecule has 2 heterocycles. The maximum atomic E-state index is 4.41. The lowest BCUT2D eigenvalue weighted by atomic mass is 10.1. The monoisotopic (exact) mass is 284 g/mol. The maximum absolute atomic E-state index is 4.41. The van der Waals surface area contributed by atoms with Gasteiger partial charge in [0, 0.05) is 16.1 Å². The molecule has 3 rings (SSSR count). The summed E-state index contributed by atoms with van der Waals surface area (Å²) in [7, 11) is 0. The first-order chi connectivity index (χ1) is 9.74. The normalized spacial score (nSPS) is 12.3. The second kappa shape index (κ2) is 5.46. The third-order valence-electron chi connectivity index (χ3n) is 3.11. The molecule has 102 valence electrons. The first kappa shape index (κ1) is 12.9. The number of aromatic nitrogens is 3. The minimum Gasteiger partial charge on any atom is -0.377 e. The molecule has 1 atom stereocenters. The Labute approximate surface area is 121 Å². The van der Waals surface area contributed by atoms with E-state index in [2.05, 4.69) is 51.0 Å². The summed E-state index contributed by atoms with van der Waals surface area (Å²) < 4.78 is 0. The minimum atomic E-state index is 0.260. The Balaban J connectivity index is 1.90. The van der Waals surface area contributed by atoms with Crippen molar-refractivity contribution in [3.05, 3.63) is 52.5 Å². The van der Waals surface area contributed by atoms with Gasteiger partial charge in [-0.1, -0.05) is 18.2 Å². The number of thiophene rings is 1. The van der Waals surface area contributed by atoms with Crippen molar-refractivity contribution in [1.29, 1.82) is 0 Å². The van der Waals surface area contributed by atoms with Crippen LogP contribution in [-0.4, -0.2) is 15.2 Å². The average molecular weight is 284 g/mol. The van der Waals surface area contributed by atoms with Gasteiger partial charge in [0.05, 0.1) is 6.04 Å². The summed E-state index contributed by atoms with van der Waals surface area (Å²) in [5.41, 5.74) is 2.06. The summed E-state index contributed by atoms with van der Waals surface area (Å²) in [6, 6.07) is 12.6. The summed E-state index contributed by atoms with van der Waals surface area (Å²) in [6.07, 6.45) is 0. The molecule has 0 amide bonds. The van der Waals surface area contributed by atoms with Crippen molar-refractivity contribution in [1.82, 2.24) is 15.2 Å². The molecule has 0 fully saturated rings. The predicted octanol–water partition coefficient (Wildman–Crippen LogP) is 4.01. The number of aromatic amines is 1. The summed E-state index contributed by atoms with van der Waals surface area (Å²) >= 11 is 1.76. The number of nitrogens with zero attached hydrogens (tertiary/aromatic N) is 2. The molecule has 0 spiro atoms. The number of hydrogen-bond acceptors (Lipinski definition) is 4. The van der Waals surface area contributed by atoms with Gasteiger partial charge in [0.1, 0.15) is 5.82 Å². The minimum absolute atomic E-state index is 0.260. The Morgan fingerprint density at radius 2 is 2.05 bits per heavy atom. The van der Waals surface area contributed by atoms with E-state index in [4.69, 9.17) is 0 Å². The zero-order chi connectivity index (χ0) is 13.9. The molecule has 0 aliphatic rings. The lowest BCUT2D eigenvalue weighted by Gasteiger charge is -2.16. The molecular formula is C15H16N4S. The van der Waals surface area contributed by atoms with Gasteiger partial charge >= 0.3 is 0 Å². The van der Waals surface area contributed by atoms with Crippen LogP contribution in [0.1, 0.15) is 23.7 Å². The number of hydrogen-bond donors (Lipinski definition) is 2. The molecular weight excluding hydrogens is 268 g/mol. The lowest BCUT2D eigenvalue weighted by molar-refractivity contribution is 0.908. The number of anilines is 1. The third-order valence-corrected chi connectivity index (χ3v) is 4.16. The molecule has 20 heavy (non-hydrogen) atoms. The molecule has 0 aliphatic carbocycles. The molecule has 5 heteroatoms. The largest absolute Gasteiger partial charge is 0.377 e. The summed E-state index contributed by atoms with van der Waals surface area (Å²) in [4.78, 5) is 5.72. The van der Waals surface area contributed by atoms with Crippen molar-refractivity contribution in [2.45, 2.75) is 19.9 Å².